The molecule has 12 heavy (non-hydrogen) atoms. The van der Waals surface area contributed by atoms with Gasteiger partial charge in [0.2, 0.25) is 0 Å². The molecule has 1 unspecified atom stereocenters. The van der Waals surface area contributed by atoms with Crippen molar-refractivity contribution in [1.82, 2.24) is 9.29 Å². The highest BCUT2D eigenvalue weighted by Crippen LogP contribution is 2.42. The van der Waals surface area contributed by atoms with Gasteiger partial charge in [0.15, 0.2) is 0 Å². The Hall–Kier alpha value is -0.540. The summed E-state index contributed by atoms with van der Waals surface area (Å²) in [5, 5.41) is 0. The third-order valence-electron chi connectivity index (χ3n) is 2.21. The van der Waals surface area contributed by atoms with Crippen molar-refractivity contribution in [2.45, 2.75) is 11.3 Å². The topological polar surface area (TPSA) is 16.1 Å². The molecule has 0 amide bonds. The zero-order valence-corrected chi connectivity index (χ0v) is 8.17. The van der Waals surface area contributed by atoms with Gasteiger partial charge < -0.3 is 0 Å². The summed E-state index contributed by atoms with van der Waals surface area (Å²) in [5.74, 6) is 1.34. The van der Waals surface area contributed by atoms with Crippen LogP contribution in [0.2, 0.25) is 0 Å². The molecule has 0 radical (unpaired) electrons. The van der Waals surface area contributed by atoms with Crippen molar-refractivity contribution in [2.75, 3.05) is 19.3 Å². The quantitative estimate of drug-likeness (QED) is 0.665. The summed E-state index contributed by atoms with van der Waals surface area (Å²) in [7, 11) is 2.21. The monoisotopic (exact) mass is 182 g/mol. The Morgan fingerprint density at radius 1 is 1.58 bits per heavy atom. The molecule has 2 rings (SSSR count). The molecule has 3 heteroatoms. The molecule has 1 aromatic rings. The van der Waals surface area contributed by atoms with Crippen molar-refractivity contribution >= 4 is 11.1 Å². The lowest BCUT2D eigenvalue weighted by molar-refractivity contribution is 0.590. The average Bonchev–Trinajstić information content (AvgIpc) is 2.53. The standard InChI is InChI=1S/C9H14N2S/c1-11-6-3-7-12(11)9-4-2-5-10-8-9/h2,4-5,8,12H,3,6-7H2,1H3. The SMILES string of the molecule is CN1CCC[SH]1c1cccnc1. The first-order chi connectivity index (χ1) is 5.88. The minimum absolute atomic E-state index is 0.0306. The van der Waals surface area contributed by atoms with Crippen LogP contribution >= 0.6 is 11.1 Å². The molecule has 66 valence electrons. The molecule has 1 aliphatic heterocycles. The van der Waals surface area contributed by atoms with E-state index in [-0.39, 0.29) is 11.1 Å². The molecule has 1 fully saturated rings. The van der Waals surface area contributed by atoms with Gasteiger partial charge in [-0.25, -0.2) is 0 Å². The summed E-state index contributed by atoms with van der Waals surface area (Å²) in [6, 6.07) is 4.23. The molecule has 0 spiro atoms. The van der Waals surface area contributed by atoms with E-state index in [9.17, 15) is 0 Å². The van der Waals surface area contributed by atoms with Crippen LogP contribution in [0.3, 0.4) is 0 Å². The minimum atomic E-state index is -0.0306. The fourth-order valence-corrected chi connectivity index (χ4v) is 3.85. The van der Waals surface area contributed by atoms with Crippen LogP contribution in [0.5, 0.6) is 0 Å². The van der Waals surface area contributed by atoms with Gasteiger partial charge in [0.1, 0.15) is 0 Å². The fraction of sp³-hybridized carbons (Fsp3) is 0.444. The normalized spacial score (nSPS) is 27.6. The Morgan fingerprint density at radius 2 is 2.50 bits per heavy atom. The molecular weight excluding hydrogens is 168 g/mol. The summed E-state index contributed by atoms with van der Waals surface area (Å²) >= 11 is -0.0306. The smallest absolute Gasteiger partial charge is 0.0398 e. The van der Waals surface area contributed by atoms with Crippen LogP contribution in [0, 0.1) is 0 Å². The maximum absolute atomic E-state index is 4.15. The van der Waals surface area contributed by atoms with Crippen LogP contribution in [0.15, 0.2) is 29.4 Å². The molecule has 2 heterocycles. The molecule has 0 aliphatic carbocycles. The molecule has 0 bridgehead atoms. The van der Waals surface area contributed by atoms with Crippen molar-refractivity contribution in [3.63, 3.8) is 0 Å². The van der Waals surface area contributed by atoms with Crippen molar-refractivity contribution in [3.8, 4) is 0 Å². The second kappa shape index (κ2) is 3.46. The van der Waals surface area contributed by atoms with Crippen LogP contribution in [-0.4, -0.2) is 28.6 Å². The van der Waals surface area contributed by atoms with Gasteiger partial charge >= 0.3 is 0 Å². The zero-order valence-electron chi connectivity index (χ0n) is 7.27. The first-order valence-corrected chi connectivity index (χ1v) is 5.74. The van der Waals surface area contributed by atoms with Gasteiger partial charge in [-0.05, 0) is 31.4 Å². The third-order valence-corrected chi connectivity index (χ3v) is 4.83. The van der Waals surface area contributed by atoms with E-state index in [1.54, 1.807) is 0 Å². The van der Waals surface area contributed by atoms with E-state index in [0.29, 0.717) is 0 Å². The van der Waals surface area contributed by atoms with Crippen molar-refractivity contribution in [1.29, 1.82) is 0 Å². The van der Waals surface area contributed by atoms with Gasteiger partial charge in [-0.1, -0.05) is 0 Å². The molecule has 0 saturated carbocycles. The third kappa shape index (κ3) is 1.47. The lowest BCUT2D eigenvalue weighted by atomic mass is 10.5. The molecule has 1 saturated heterocycles. The van der Waals surface area contributed by atoms with Crippen LogP contribution in [0.1, 0.15) is 6.42 Å². The van der Waals surface area contributed by atoms with Crippen LogP contribution in [0.4, 0.5) is 0 Å². The summed E-state index contributed by atoms with van der Waals surface area (Å²) in [6.45, 7) is 1.25. The number of thiol groups is 1. The van der Waals surface area contributed by atoms with E-state index < -0.39 is 0 Å². The number of rotatable bonds is 1. The highest BCUT2D eigenvalue weighted by Gasteiger charge is 2.18. The van der Waals surface area contributed by atoms with Gasteiger partial charge in [-0.3, -0.25) is 9.29 Å². The van der Waals surface area contributed by atoms with E-state index in [1.165, 1.54) is 23.6 Å². The summed E-state index contributed by atoms with van der Waals surface area (Å²) in [5.41, 5.74) is 0. The number of hydrogen-bond acceptors (Lipinski definition) is 2. The maximum atomic E-state index is 4.15. The Labute approximate surface area is 76.1 Å². The highest BCUT2D eigenvalue weighted by atomic mass is 32.2. The lowest BCUT2D eigenvalue weighted by Crippen LogP contribution is -2.08. The molecular formula is C9H14N2S. The van der Waals surface area contributed by atoms with Crippen molar-refractivity contribution in [3.05, 3.63) is 24.5 Å². The van der Waals surface area contributed by atoms with Gasteiger partial charge in [0.05, 0.1) is 0 Å². The highest BCUT2D eigenvalue weighted by molar-refractivity contribution is 8.15. The van der Waals surface area contributed by atoms with Crippen LogP contribution in [0.25, 0.3) is 0 Å². The number of pyridine rings is 1. The van der Waals surface area contributed by atoms with Gasteiger partial charge in [0.25, 0.3) is 0 Å². The summed E-state index contributed by atoms with van der Waals surface area (Å²) < 4.78 is 2.46. The lowest BCUT2D eigenvalue weighted by Gasteiger charge is -2.23. The van der Waals surface area contributed by atoms with E-state index in [1.807, 2.05) is 18.5 Å². The molecule has 2 nitrogen and oxygen atoms in total. The maximum Gasteiger partial charge on any atom is 0.0398 e. The van der Waals surface area contributed by atoms with Crippen molar-refractivity contribution < 1.29 is 0 Å². The predicted octanol–water partition coefficient (Wildman–Crippen LogP) is 1.69. The van der Waals surface area contributed by atoms with E-state index in [2.05, 4.69) is 22.4 Å². The van der Waals surface area contributed by atoms with E-state index in [0.717, 1.165) is 0 Å². The predicted molar refractivity (Wildman–Crippen MR) is 53.6 cm³/mol. The van der Waals surface area contributed by atoms with Crippen molar-refractivity contribution in [2.24, 2.45) is 0 Å². The Morgan fingerprint density at radius 3 is 3.08 bits per heavy atom. The Kier molecular flexibility index (Phi) is 2.33. The minimum Gasteiger partial charge on any atom is -0.269 e. The summed E-state index contributed by atoms with van der Waals surface area (Å²) in [6.07, 6.45) is 5.19. The van der Waals surface area contributed by atoms with Crippen LogP contribution in [-0.2, 0) is 0 Å². The molecule has 1 aliphatic rings. The summed E-state index contributed by atoms with van der Waals surface area (Å²) in [4.78, 5) is 5.58. The zero-order chi connectivity index (χ0) is 8.39. The molecule has 1 aromatic heterocycles. The molecule has 0 aromatic carbocycles. The number of aromatic nitrogens is 1. The molecule has 1 atom stereocenters. The van der Waals surface area contributed by atoms with Gasteiger partial charge in [0, 0.05) is 23.8 Å². The number of nitrogens with zero attached hydrogens (tertiary/aromatic N) is 2. The Bertz CT molecular complexity index is 250. The Balaban J connectivity index is 2.19. The second-order valence-electron chi connectivity index (χ2n) is 3.07. The fourth-order valence-electron chi connectivity index (χ4n) is 1.57. The van der Waals surface area contributed by atoms with E-state index >= 15 is 0 Å². The van der Waals surface area contributed by atoms with Gasteiger partial charge in [-0.15, -0.1) is 0 Å². The van der Waals surface area contributed by atoms with Crippen LogP contribution < -0.4 is 0 Å². The first-order valence-electron chi connectivity index (χ1n) is 4.26. The molecule has 0 N–H and O–H groups in total. The van der Waals surface area contributed by atoms with E-state index in [4.69, 9.17) is 0 Å². The average molecular weight is 182 g/mol. The first kappa shape index (κ1) is 8.08. The number of hydrogen-bond donors (Lipinski definition) is 1. The largest absolute Gasteiger partial charge is 0.269 e. The van der Waals surface area contributed by atoms with Gasteiger partial charge in [-0.2, -0.15) is 11.1 Å². The second-order valence-corrected chi connectivity index (χ2v) is 5.51.